The number of thiazole rings is 1. The molecule has 176 valence electrons. The van der Waals surface area contributed by atoms with Gasteiger partial charge in [0.25, 0.3) is 5.91 Å². The highest BCUT2D eigenvalue weighted by molar-refractivity contribution is 7.92. The number of morpholine rings is 1. The van der Waals surface area contributed by atoms with Gasteiger partial charge in [-0.15, -0.1) is 0 Å². The molecule has 0 unspecified atom stereocenters. The van der Waals surface area contributed by atoms with Crippen molar-refractivity contribution in [2.75, 3.05) is 58.1 Å². The van der Waals surface area contributed by atoms with Crippen molar-refractivity contribution < 1.29 is 32.2 Å². The Morgan fingerprint density at radius 1 is 1.22 bits per heavy atom. The zero-order valence-corrected chi connectivity index (χ0v) is 19.7. The highest BCUT2D eigenvalue weighted by Crippen LogP contribution is 2.23. The number of hydrogen-bond acceptors (Lipinski definition) is 8. The lowest BCUT2D eigenvalue weighted by Gasteiger charge is -2.26. The van der Waals surface area contributed by atoms with E-state index in [9.17, 15) is 18.0 Å². The SMILES string of the molecule is CCOc1ccc2c(c1)sc(=NC(=O)CS(=O)(=O)CC(=O)N1CCOCC1)n2CCOC. The lowest BCUT2D eigenvalue weighted by atomic mass is 10.3. The number of rotatable bonds is 9. The molecule has 12 heteroatoms. The Hall–Kier alpha value is -2.28. The first-order valence-corrected chi connectivity index (χ1v) is 12.9. The summed E-state index contributed by atoms with van der Waals surface area (Å²) >= 11 is 1.26. The van der Waals surface area contributed by atoms with E-state index in [0.717, 1.165) is 10.2 Å². The van der Waals surface area contributed by atoms with Crippen LogP contribution in [0.1, 0.15) is 6.92 Å². The number of amides is 2. The molecule has 10 nitrogen and oxygen atoms in total. The summed E-state index contributed by atoms with van der Waals surface area (Å²) in [7, 11) is -2.38. The van der Waals surface area contributed by atoms with E-state index in [2.05, 4.69) is 4.99 Å². The number of hydrogen-bond donors (Lipinski definition) is 0. The number of aromatic nitrogens is 1. The van der Waals surface area contributed by atoms with E-state index in [1.807, 2.05) is 29.7 Å². The molecule has 32 heavy (non-hydrogen) atoms. The van der Waals surface area contributed by atoms with Gasteiger partial charge < -0.3 is 23.7 Å². The van der Waals surface area contributed by atoms with Crippen LogP contribution in [0.4, 0.5) is 0 Å². The van der Waals surface area contributed by atoms with Gasteiger partial charge in [0.1, 0.15) is 17.3 Å². The van der Waals surface area contributed by atoms with Crippen LogP contribution in [0.25, 0.3) is 10.2 Å². The van der Waals surface area contributed by atoms with Crippen molar-refractivity contribution in [3.8, 4) is 5.75 Å². The lowest BCUT2D eigenvalue weighted by Crippen LogP contribution is -2.43. The van der Waals surface area contributed by atoms with E-state index >= 15 is 0 Å². The summed E-state index contributed by atoms with van der Waals surface area (Å²) in [5.74, 6) is -2.19. The fourth-order valence-corrected chi connectivity index (χ4v) is 5.47. The second kappa shape index (κ2) is 11.0. The van der Waals surface area contributed by atoms with Gasteiger partial charge in [0.2, 0.25) is 5.91 Å². The van der Waals surface area contributed by atoms with Gasteiger partial charge in [-0.1, -0.05) is 11.3 Å². The van der Waals surface area contributed by atoms with E-state index in [4.69, 9.17) is 14.2 Å². The molecule has 0 aliphatic carbocycles. The van der Waals surface area contributed by atoms with E-state index < -0.39 is 33.2 Å². The van der Waals surface area contributed by atoms with Crippen LogP contribution >= 0.6 is 11.3 Å². The maximum atomic E-state index is 12.5. The van der Waals surface area contributed by atoms with Crippen LogP contribution in [0.15, 0.2) is 23.2 Å². The largest absolute Gasteiger partial charge is 0.494 e. The molecular formula is C20H27N3O7S2. The predicted octanol–water partition coefficient (Wildman–Crippen LogP) is 0.449. The van der Waals surface area contributed by atoms with Gasteiger partial charge in [0.15, 0.2) is 14.6 Å². The molecule has 0 spiro atoms. The van der Waals surface area contributed by atoms with Crippen LogP contribution in [0.3, 0.4) is 0 Å². The van der Waals surface area contributed by atoms with Gasteiger partial charge in [0, 0.05) is 26.7 Å². The number of methoxy groups -OCH3 is 1. The van der Waals surface area contributed by atoms with Gasteiger partial charge in [0.05, 0.1) is 36.6 Å². The first-order valence-electron chi connectivity index (χ1n) is 10.2. The Bertz CT molecular complexity index is 1130. The number of benzene rings is 1. The average Bonchev–Trinajstić information content (AvgIpc) is 3.08. The highest BCUT2D eigenvalue weighted by Gasteiger charge is 2.25. The molecule has 0 saturated carbocycles. The molecule has 2 amide bonds. The summed E-state index contributed by atoms with van der Waals surface area (Å²) in [6.45, 7) is 4.69. The number of carbonyl (C=O) groups is 2. The Morgan fingerprint density at radius 2 is 1.97 bits per heavy atom. The molecule has 0 atom stereocenters. The number of sulfone groups is 1. The highest BCUT2D eigenvalue weighted by atomic mass is 32.2. The van der Waals surface area contributed by atoms with Crippen molar-refractivity contribution in [1.82, 2.24) is 9.47 Å². The minimum absolute atomic E-state index is 0.345. The molecule has 0 bridgehead atoms. The standard InChI is InChI=1S/C20H27N3O7S2/c1-3-30-15-4-5-16-17(12-15)31-20(23(16)8-9-28-2)21-18(24)13-32(26,27)14-19(25)22-6-10-29-11-7-22/h4-5,12H,3,6-11,13-14H2,1-2H3. The van der Waals surface area contributed by atoms with Gasteiger partial charge in [-0.2, -0.15) is 4.99 Å². The fraction of sp³-hybridized carbons (Fsp3) is 0.550. The number of carbonyl (C=O) groups excluding carboxylic acids is 2. The zero-order valence-electron chi connectivity index (χ0n) is 18.1. The quantitative estimate of drug-likeness (QED) is 0.506. The Kier molecular flexibility index (Phi) is 8.40. The van der Waals surface area contributed by atoms with Crippen molar-refractivity contribution in [3.63, 3.8) is 0 Å². The smallest absolute Gasteiger partial charge is 0.263 e. The van der Waals surface area contributed by atoms with Crippen LogP contribution in [0.5, 0.6) is 5.75 Å². The first-order chi connectivity index (χ1) is 15.3. The Morgan fingerprint density at radius 3 is 2.66 bits per heavy atom. The zero-order chi connectivity index (χ0) is 23.1. The minimum Gasteiger partial charge on any atom is -0.494 e. The van der Waals surface area contributed by atoms with Crippen LogP contribution in [0, 0.1) is 0 Å². The van der Waals surface area contributed by atoms with E-state index in [-0.39, 0.29) is 0 Å². The lowest BCUT2D eigenvalue weighted by molar-refractivity contribution is -0.132. The molecule has 1 fully saturated rings. The third-order valence-electron chi connectivity index (χ3n) is 4.76. The number of ether oxygens (including phenoxy) is 3. The maximum absolute atomic E-state index is 12.5. The Labute approximate surface area is 190 Å². The summed E-state index contributed by atoms with van der Waals surface area (Å²) in [6, 6.07) is 5.55. The third kappa shape index (κ3) is 6.37. The monoisotopic (exact) mass is 485 g/mol. The summed E-state index contributed by atoms with van der Waals surface area (Å²) in [5.41, 5.74) is 0.840. The molecule has 3 rings (SSSR count). The van der Waals surface area contributed by atoms with E-state index in [1.54, 1.807) is 7.11 Å². The normalized spacial score (nSPS) is 15.3. The maximum Gasteiger partial charge on any atom is 0.263 e. The van der Waals surface area contributed by atoms with Crippen LogP contribution in [0.2, 0.25) is 0 Å². The fourth-order valence-electron chi connectivity index (χ4n) is 3.26. The summed E-state index contributed by atoms with van der Waals surface area (Å²) in [5, 5.41) is 0. The molecule has 0 radical (unpaired) electrons. The summed E-state index contributed by atoms with van der Waals surface area (Å²) in [4.78, 5) is 30.6. The van der Waals surface area contributed by atoms with Crippen molar-refractivity contribution in [2.45, 2.75) is 13.5 Å². The molecule has 1 saturated heterocycles. The number of nitrogens with zero attached hydrogens (tertiary/aromatic N) is 3. The first kappa shape index (κ1) is 24.4. The molecule has 1 aromatic carbocycles. The van der Waals surface area contributed by atoms with Gasteiger partial charge in [-0.25, -0.2) is 8.42 Å². The summed E-state index contributed by atoms with van der Waals surface area (Å²) in [6.07, 6.45) is 0. The second-order valence-corrected chi connectivity index (χ2v) is 10.2. The van der Waals surface area contributed by atoms with Crippen LogP contribution in [-0.2, 0) is 35.4 Å². The Balaban J connectivity index is 1.81. The predicted molar refractivity (Wildman–Crippen MR) is 119 cm³/mol. The van der Waals surface area contributed by atoms with Gasteiger partial charge >= 0.3 is 0 Å². The topological polar surface area (TPSA) is 117 Å². The molecule has 1 aliphatic heterocycles. The molecule has 1 aliphatic rings. The van der Waals surface area contributed by atoms with Crippen LogP contribution < -0.4 is 9.54 Å². The molecule has 2 heterocycles. The average molecular weight is 486 g/mol. The summed E-state index contributed by atoms with van der Waals surface area (Å²) < 4.78 is 43.4. The molecule has 0 N–H and O–H groups in total. The third-order valence-corrected chi connectivity index (χ3v) is 7.17. The molecular weight excluding hydrogens is 458 g/mol. The molecule has 1 aromatic heterocycles. The van der Waals surface area contributed by atoms with Crippen molar-refractivity contribution in [1.29, 1.82) is 0 Å². The van der Waals surface area contributed by atoms with Crippen LogP contribution in [-0.4, -0.2) is 87.8 Å². The minimum atomic E-state index is -3.95. The van der Waals surface area contributed by atoms with Crippen molar-refractivity contribution >= 4 is 43.2 Å². The molecule has 2 aromatic rings. The van der Waals surface area contributed by atoms with E-state index in [1.165, 1.54) is 16.2 Å². The van der Waals surface area contributed by atoms with Crippen molar-refractivity contribution in [3.05, 3.63) is 23.0 Å². The van der Waals surface area contributed by atoms with Gasteiger partial charge in [-0.05, 0) is 25.1 Å². The van der Waals surface area contributed by atoms with Crippen molar-refractivity contribution in [2.24, 2.45) is 4.99 Å². The van der Waals surface area contributed by atoms with E-state index in [0.29, 0.717) is 56.6 Å². The van der Waals surface area contributed by atoms with Gasteiger partial charge in [-0.3, -0.25) is 9.59 Å². The number of fused-ring (bicyclic) bond motifs is 1. The second-order valence-electron chi connectivity index (χ2n) is 7.12.